The maximum atomic E-state index is 12.0. The van der Waals surface area contributed by atoms with Crippen LogP contribution in [0.1, 0.15) is 37.0 Å². The first kappa shape index (κ1) is 12.9. The van der Waals surface area contributed by atoms with E-state index in [2.05, 4.69) is 22.1 Å². The summed E-state index contributed by atoms with van der Waals surface area (Å²) < 4.78 is 0. The molecule has 0 aliphatic carbocycles. The third-order valence-electron chi connectivity index (χ3n) is 3.33. The first-order valence-corrected chi connectivity index (χ1v) is 6.70. The smallest absolute Gasteiger partial charge is 0.255 e. The number of carbonyl (C=O) groups excluding carboxylic acids is 1. The minimum absolute atomic E-state index is 0.0289. The molecule has 1 fully saturated rings. The molecule has 1 atom stereocenters. The molecular formula is C14H21N3O. The van der Waals surface area contributed by atoms with Crippen molar-refractivity contribution in [2.45, 2.75) is 26.7 Å². The summed E-state index contributed by atoms with van der Waals surface area (Å²) >= 11 is 0. The summed E-state index contributed by atoms with van der Waals surface area (Å²) in [6.07, 6.45) is 4.20. The predicted octanol–water partition coefficient (Wildman–Crippen LogP) is 2.07. The van der Waals surface area contributed by atoms with Crippen molar-refractivity contribution in [1.82, 2.24) is 10.3 Å². The summed E-state index contributed by atoms with van der Waals surface area (Å²) in [6, 6.07) is 3.67. The Bertz CT molecular complexity index is 419. The highest BCUT2D eigenvalue weighted by atomic mass is 16.1. The van der Waals surface area contributed by atoms with Gasteiger partial charge in [-0.3, -0.25) is 4.79 Å². The van der Waals surface area contributed by atoms with Crippen molar-refractivity contribution >= 4 is 11.7 Å². The summed E-state index contributed by atoms with van der Waals surface area (Å²) in [6.45, 7) is 6.80. The fraction of sp³-hybridized carbons (Fsp3) is 0.571. The van der Waals surface area contributed by atoms with Crippen LogP contribution < -0.4 is 10.2 Å². The maximum Gasteiger partial charge on any atom is 0.255 e. The number of nitrogens with zero attached hydrogens (tertiary/aromatic N) is 2. The summed E-state index contributed by atoms with van der Waals surface area (Å²) in [7, 11) is 0. The highest BCUT2D eigenvalue weighted by Crippen LogP contribution is 2.24. The third kappa shape index (κ3) is 2.81. The first-order valence-electron chi connectivity index (χ1n) is 6.70. The Labute approximate surface area is 108 Å². The number of pyridine rings is 1. The lowest BCUT2D eigenvalue weighted by Crippen LogP contribution is -2.36. The average Bonchev–Trinajstić information content (AvgIpc) is 2.39. The number of amides is 1. The van der Waals surface area contributed by atoms with Crippen LogP contribution in [0.4, 0.5) is 5.82 Å². The Hall–Kier alpha value is -1.58. The second kappa shape index (κ2) is 5.85. The lowest BCUT2D eigenvalue weighted by atomic mass is 10.00. The van der Waals surface area contributed by atoms with Gasteiger partial charge in [-0.25, -0.2) is 4.98 Å². The third-order valence-corrected chi connectivity index (χ3v) is 3.33. The van der Waals surface area contributed by atoms with E-state index < -0.39 is 0 Å². The molecule has 4 nitrogen and oxygen atoms in total. The SMILES string of the molecule is CCNC(=O)c1cccnc1N1CCCC(C)C1. The van der Waals surface area contributed by atoms with Gasteiger partial charge in [-0.2, -0.15) is 0 Å². The van der Waals surface area contributed by atoms with E-state index in [1.165, 1.54) is 12.8 Å². The van der Waals surface area contributed by atoms with Crippen LogP contribution in [-0.4, -0.2) is 30.5 Å². The van der Waals surface area contributed by atoms with E-state index in [0.717, 1.165) is 18.9 Å². The molecule has 1 saturated heterocycles. The molecule has 98 valence electrons. The van der Waals surface area contributed by atoms with Gasteiger partial charge in [0.15, 0.2) is 0 Å². The number of rotatable bonds is 3. The Balaban J connectivity index is 2.23. The molecule has 0 radical (unpaired) electrons. The lowest BCUT2D eigenvalue weighted by molar-refractivity contribution is 0.0956. The van der Waals surface area contributed by atoms with Crippen LogP contribution in [0.15, 0.2) is 18.3 Å². The zero-order valence-corrected chi connectivity index (χ0v) is 11.1. The van der Waals surface area contributed by atoms with E-state index in [4.69, 9.17) is 0 Å². The van der Waals surface area contributed by atoms with Gasteiger partial charge in [-0.15, -0.1) is 0 Å². The Morgan fingerprint density at radius 3 is 3.17 bits per heavy atom. The monoisotopic (exact) mass is 247 g/mol. The second-order valence-electron chi connectivity index (χ2n) is 4.93. The minimum Gasteiger partial charge on any atom is -0.356 e. The second-order valence-corrected chi connectivity index (χ2v) is 4.93. The van der Waals surface area contributed by atoms with Crippen LogP contribution in [0.25, 0.3) is 0 Å². The summed E-state index contributed by atoms with van der Waals surface area (Å²) in [4.78, 5) is 18.7. The summed E-state index contributed by atoms with van der Waals surface area (Å²) in [5.41, 5.74) is 0.688. The summed E-state index contributed by atoms with van der Waals surface area (Å²) in [5, 5.41) is 2.85. The number of hydrogen-bond acceptors (Lipinski definition) is 3. The number of anilines is 1. The average molecular weight is 247 g/mol. The molecule has 4 heteroatoms. The largest absolute Gasteiger partial charge is 0.356 e. The van der Waals surface area contributed by atoms with Gasteiger partial charge in [0.1, 0.15) is 5.82 Å². The van der Waals surface area contributed by atoms with Gasteiger partial charge in [-0.1, -0.05) is 6.92 Å². The van der Waals surface area contributed by atoms with Crippen molar-refractivity contribution < 1.29 is 4.79 Å². The predicted molar refractivity (Wildman–Crippen MR) is 72.9 cm³/mol. The van der Waals surface area contributed by atoms with Crippen LogP contribution in [-0.2, 0) is 0 Å². The van der Waals surface area contributed by atoms with E-state index in [1.54, 1.807) is 6.20 Å². The molecule has 2 rings (SSSR count). The van der Waals surface area contributed by atoms with Gasteiger partial charge >= 0.3 is 0 Å². The van der Waals surface area contributed by atoms with E-state index in [-0.39, 0.29) is 5.91 Å². The van der Waals surface area contributed by atoms with Gasteiger partial charge in [0, 0.05) is 25.8 Å². The van der Waals surface area contributed by atoms with Gasteiger partial charge in [0.2, 0.25) is 0 Å². The van der Waals surface area contributed by atoms with Crippen LogP contribution in [0, 0.1) is 5.92 Å². The van der Waals surface area contributed by atoms with Crippen molar-refractivity contribution in [1.29, 1.82) is 0 Å². The van der Waals surface area contributed by atoms with Crippen LogP contribution >= 0.6 is 0 Å². The number of hydrogen-bond donors (Lipinski definition) is 1. The lowest BCUT2D eigenvalue weighted by Gasteiger charge is -2.32. The van der Waals surface area contributed by atoms with Gasteiger partial charge in [0.05, 0.1) is 5.56 Å². The molecule has 0 saturated carbocycles. The molecule has 1 aliphatic rings. The van der Waals surface area contributed by atoms with E-state index in [1.807, 2.05) is 19.1 Å². The van der Waals surface area contributed by atoms with Crippen molar-refractivity contribution in [2.24, 2.45) is 5.92 Å². The number of nitrogens with one attached hydrogen (secondary N) is 1. The maximum absolute atomic E-state index is 12.0. The van der Waals surface area contributed by atoms with Crippen molar-refractivity contribution in [3.8, 4) is 0 Å². The summed E-state index contributed by atoms with van der Waals surface area (Å²) in [5.74, 6) is 1.47. The molecule has 2 heterocycles. The molecule has 0 spiro atoms. The van der Waals surface area contributed by atoms with Crippen molar-refractivity contribution in [3.63, 3.8) is 0 Å². The molecule has 1 amide bonds. The molecule has 1 aliphatic heterocycles. The Morgan fingerprint density at radius 1 is 1.61 bits per heavy atom. The number of piperidine rings is 1. The molecular weight excluding hydrogens is 226 g/mol. The molecule has 1 aromatic rings. The van der Waals surface area contributed by atoms with Crippen molar-refractivity contribution in [3.05, 3.63) is 23.9 Å². The molecule has 0 aromatic carbocycles. The highest BCUT2D eigenvalue weighted by Gasteiger charge is 2.21. The number of aromatic nitrogens is 1. The molecule has 1 unspecified atom stereocenters. The number of carbonyl (C=O) groups is 1. The van der Waals surface area contributed by atoms with Gasteiger partial charge < -0.3 is 10.2 Å². The van der Waals surface area contributed by atoms with Gasteiger partial charge in [0.25, 0.3) is 5.91 Å². The molecule has 18 heavy (non-hydrogen) atoms. The molecule has 0 bridgehead atoms. The highest BCUT2D eigenvalue weighted by molar-refractivity contribution is 5.98. The van der Waals surface area contributed by atoms with E-state index >= 15 is 0 Å². The molecule has 1 aromatic heterocycles. The fourth-order valence-corrected chi connectivity index (χ4v) is 2.46. The zero-order chi connectivity index (χ0) is 13.0. The topological polar surface area (TPSA) is 45.2 Å². The van der Waals surface area contributed by atoms with Crippen molar-refractivity contribution in [2.75, 3.05) is 24.5 Å². The van der Waals surface area contributed by atoms with E-state index in [0.29, 0.717) is 18.0 Å². The van der Waals surface area contributed by atoms with Crippen LogP contribution in [0.2, 0.25) is 0 Å². The standard InChI is InChI=1S/C14H21N3O/c1-3-15-14(18)12-7-4-8-16-13(12)17-9-5-6-11(2)10-17/h4,7-8,11H,3,5-6,9-10H2,1-2H3,(H,15,18). The van der Waals surface area contributed by atoms with Crippen LogP contribution in [0.3, 0.4) is 0 Å². The Kier molecular flexibility index (Phi) is 4.18. The van der Waals surface area contributed by atoms with Gasteiger partial charge in [-0.05, 0) is 37.8 Å². The zero-order valence-electron chi connectivity index (χ0n) is 11.1. The molecule has 1 N–H and O–H groups in total. The minimum atomic E-state index is -0.0289. The quantitative estimate of drug-likeness (QED) is 0.889. The van der Waals surface area contributed by atoms with Crippen LogP contribution in [0.5, 0.6) is 0 Å². The fourth-order valence-electron chi connectivity index (χ4n) is 2.46. The Morgan fingerprint density at radius 2 is 2.44 bits per heavy atom. The first-order chi connectivity index (χ1) is 8.72. The normalized spacial score (nSPS) is 19.7. The van der Waals surface area contributed by atoms with E-state index in [9.17, 15) is 4.79 Å².